The largest absolute Gasteiger partial charge is 0.418 e. The highest BCUT2D eigenvalue weighted by atomic mass is 19.4. The molecule has 4 nitrogen and oxygen atoms in total. The Bertz CT molecular complexity index is 729. The highest BCUT2D eigenvalue weighted by Gasteiger charge is 2.34. The Morgan fingerprint density at radius 2 is 1.91 bits per heavy atom. The molecule has 0 aliphatic rings. The van der Waals surface area contributed by atoms with Crippen molar-refractivity contribution >= 4 is 17.4 Å². The molecule has 0 aliphatic carbocycles. The van der Waals surface area contributed by atoms with Crippen LogP contribution in [0.3, 0.4) is 0 Å². The number of benzene rings is 1. The predicted molar refractivity (Wildman–Crippen MR) is 72.7 cm³/mol. The lowest BCUT2D eigenvalue weighted by molar-refractivity contribution is -0.138. The zero-order valence-corrected chi connectivity index (χ0v) is 11.3. The lowest BCUT2D eigenvalue weighted by Crippen LogP contribution is -2.18. The molecular weight excluding hydrogens is 302 g/mol. The second-order valence-electron chi connectivity index (χ2n) is 4.49. The molecule has 0 unspecified atom stereocenters. The van der Waals surface area contributed by atoms with Crippen LogP contribution in [0.2, 0.25) is 0 Å². The molecule has 0 saturated heterocycles. The van der Waals surface area contributed by atoms with Crippen molar-refractivity contribution in [3.05, 3.63) is 53.0 Å². The van der Waals surface area contributed by atoms with Gasteiger partial charge in [0.05, 0.1) is 16.8 Å². The Morgan fingerprint density at radius 1 is 1.27 bits per heavy atom. The summed E-state index contributed by atoms with van der Waals surface area (Å²) in [4.78, 5) is 15.4. The lowest BCUT2D eigenvalue weighted by atomic mass is 10.1. The molecule has 0 saturated carbocycles. The smallest absolute Gasteiger partial charge is 0.382 e. The Labute approximate surface area is 123 Å². The van der Waals surface area contributed by atoms with E-state index in [1.807, 2.05) is 0 Å². The second-order valence-corrected chi connectivity index (χ2v) is 4.49. The molecule has 0 aliphatic heterocycles. The van der Waals surface area contributed by atoms with E-state index in [1.165, 1.54) is 18.2 Å². The molecule has 0 atom stereocenters. The van der Waals surface area contributed by atoms with E-state index in [0.29, 0.717) is 6.20 Å². The fraction of sp³-hybridized carbons (Fsp3) is 0.143. The first-order valence-electron chi connectivity index (χ1n) is 6.10. The standard InChI is InChI=1S/C14H11F4N3O/c1-7-9(14(16,17)18)6-20-12(19)11(7)21-13(22)8-4-2-3-5-10(8)15/h2-6H,1H3,(H2,19,20)(H,21,22). The Balaban J connectivity index is 2.42. The van der Waals surface area contributed by atoms with Crippen molar-refractivity contribution in [1.29, 1.82) is 0 Å². The number of anilines is 2. The van der Waals surface area contributed by atoms with Gasteiger partial charge < -0.3 is 11.1 Å². The molecule has 116 valence electrons. The molecule has 1 heterocycles. The van der Waals surface area contributed by atoms with Crippen molar-refractivity contribution in [1.82, 2.24) is 4.98 Å². The minimum Gasteiger partial charge on any atom is -0.382 e. The normalized spacial score (nSPS) is 11.3. The summed E-state index contributed by atoms with van der Waals surface area (Å²) >= 11 is 0. The van der Waals surface area contributed by atoms with E-state index in [-0.39, 0.29) is 22.6 Å². The molecule has 2 rings (SSSR count). The lowest BCUT2D eigenvalue weighted by Gasteiger charge is -2.16. The Morgan fingerprint density at radius 3 is 2.50 bits per heavy atom. The van der Waals surface area contributed by atoms with E-state index in [9.17, 15) is 22.4 Å². The van der Waals surface area contributed by atoms with Gasteiger partial charge in [-0.2, -0.15) is 13.2 Å². The number of hydrogen-bond donors (Lipinski definition) is 2. The van der Waals surface area contributed by atoms with Gasteiger partial charge in [0, 0.05) is 6.20 Å². The van der Waals surface area contributed by atoms with Gasteiger partial charge in [-0.05, 0) is 24.6 Å². The summed E-state index contributed by atoms with van der Waals surface area (Å²) < 4.78 is 52.0. The van der Waals surface area contributed by atoms with Crippen molar-refractivity contribution in [2.24, 2.45) is 0 Å². The van der Waals surface area contributed by atoms with Crippen LogP contribution in [-0.4, -0.2) is 10.9 Å². The number of nitrogens with two attached hydrogens (primary N) is 1. The molecule has 1 aromatic carbocycles. The quantitative estimate of drug-likeness (QED) is 0.835. The van der Waals surface area contributed by atoms with Crippen molar-refractivity contribution in [3.8, 4) is 0 Å². The zero-order valence-electron chi connectivity index (χ0n) is 11.3. The van der Waals surface area contributed by atoms with Crippen LogP contribution < -0.4 is 11.1 Å². The molecule has 1 aromatic heterocycles. The third-order valence-corrected chi connectivity index (χ3v) is 3.03. The van der Waals surface area contributed by atoms with Crippen LogP contribution in [0.5, 0.6) is 0 Å². The number of pyridine rings is 1. The van der Waals surface area contributed by atoms with Gasteiger partial charge in [0.15, 0.2) is 0 Å². The molecule has 2 aromatic rings. The van der Waals surface area contributed by atoms with Gasteiger partial charge in [0.1, 0.15) is 11.6 Å². The molecular formula is C14H11F4N3O. The summed E-state index contributed by atoms with van der Waals surface area (Å²) in [7, 11) is 0. The molecule has 8 heteroatoms. The number of amides is 1. The monoisotopic (exact) mass is 313 g/mol. The first kappa shape index (κ1) is 15.7. The molecule has 22 heavy (non-hydrogen) atoms. The van der Waals surface area contributed by atoms with Gasteiger partial charge in [-0.25, -0.2) is 9.37 Å². The minimum absolute atomic E-state index is 0.282. The summed E-state index contributed by atoms with van der Waals surface area (Å²) in [6.07, 6.45) is -4.05. The van der Waals surface area contributed by atoms with Crippen LogP contribution in [0.4, 0.5) is 29.1 Å². The average molecular weight is 313 g/mol. The number of hydrogen-bond acceptors (Lipinski definition) is 3. The fourth-order valence-electron chi connectivity index (χ4n) is 1.89. The molecule has 0 radical (unpaired) electrons. The number of aromatic nitrogens is 1. The van der Waals surface area contributed by atoms with E-state index < -0.39 is 23.5 Å². The molecule has 1 amide bonds. The summed E-state index contributed by atoms with van der Waals surface area (Å²) in [6.45, 7) is 1.15. The van der Waals surface area contributed by atoms with E-state index in [4.69, 9.17) is 5.73 Å². The van der Waals surface area contributed by atoms with Gasteiger partial charge in [-0.3, -0.25) is 4.79 Å². The van der Waals surface area contributed by atoms with Crippen LogP contribution in [0.25, 0.3) is 0 Å². The number of carbonyl (C=O) groups is 1. The molecule has 0 spiro atoms. The van der Waals surface area contributed by atoms with E-state index in [2.05, 4.69) is 10.3 Å². The van der Waals surface area contributed by atoms with Crippen LogP contribution >= 0.6 is 0 Å². The second kappa shape index (κ2) is 5.63. The third kappa shape index (κ3) is 3.00. The number of halogens is 4. The van der Waals surface area contributed by atoms with Crippen LogP contribution in [-0.2, 0) is 6.18 Å². The fourth-order valence-corrected chi connectivity index (χ4v) is 1.89. The van der Waals surface area contributed by atoms with Crippen molar-refractivity contribution in [2.45, 2.75) is 13.1 Å². The number of nitrogen functional groups attached to an aromatic ring is 1. The highest BCUT2D eigenvalue weighted by Crippen LogP contribution is 2.36. The van der Waals surface area contributed by atoms with Crippen molar-refractivity contribution in [3.63, 3.8) is 0 Å². The first-order chi connectivity index (χ1) is 10.2. The van der Waals surface area contributed by atoms with Gasteiger partial charge in [-0.15, -0.1) is 0 Å². The maximum Gasteiger partial charge on any atom is 0.418 e. The topological polar surface area (TPSA) is 68.0 Å². The van der Waals surface area contributed by atoms with Gasteiger partial charge in [0.2, 0.25) is 0 Å². The Kier molecular flexibility index (Phi) is 4.03. The molecule has 0 bridgehead atoms. The molecule has 0 fully saturated rings. The Hall–Kier alpha value is -2.64. The maximum absolute atomic E-state index is 13.5. The predicted octanol–water partition coefficient (Wildman–Crippen LogP) is 3.38. The summed E-state index contributed by atoms with van der Waals surface area (Å²) in [5.41, 5.74) is 3.61. The minimum atomic E-state index is -4.64. The number of nitrogens with one attached hydrogen (secondary N) is 1. The summed E-state index contributed by atoms with van der Waals surface area (Å²) in [5.74, 6) is -1.99. The zero-order chi connectivity index (χ0) is 16.5. The summed E-state index contributed by atoms with van der Waals surface area (Å²) in [5, 5.41) is 2.18. The third-order valence-electron chi connectivity index (χ3n) is 3.03. The van der Waals surface area contributed by atoms with Crippen LogP contribution in [0, 0.1) is 12.7 Å². The number of rotatable bonds is 2. The SMILES string of the molecule is Cc1c(C(F)(F)F)cnc(N)c1NC(=O)c1ccccc1F. The average Bonchev–Trinajstić information content (AvgIpc) is 2.42. The van der Waals surface area contributed by atoms with Gasteiger partial charge in [0.25, 0.3) is 5.91 Å². The number of nitrogens with zero attached hydrogens (tertiary/aromatic N) is 1. The summed E-state index contributed by atoms with van der Waals surface area (Å²) in [6, 6.07) is 5.09. The van der Waals surface area contributed by atoms with E-state index >= 15 is 0 Å². The number of alkyl halides is 3. The maximum atomic E-state index is 13.5. The van der Waals surface area contributed by atoms with E-state index in [0.717, 1.165) is 13.0 Å². The highest BCUT2D eigenvalue weighted by molar-refractivity contribution is 6.06. The molecule has 3 N–H and O–H groups in total. The van der Waals surface area contributed by atoms with Gasteiger partial charge >= 0.3 is 6.18 Å². The van der Waals surface area contributed by atoms with Crippen LogP contribution in [0.15, 0.2) is 30.5 Å². The van der Waals surface area contributed by atoms with Crippen molar-refractivity contribution < 1.29 is 22.4 Å². The van der Waals surface area contributed by atoms with Crippen LogP contribution in [0.1, 0.15) is 21.5 Å². The first-order valence-corrected chi connectivity index (χ1v) is 6.10. The van der Waals surface area contributed by atoms with E-state index in [1.54, 1.807) is 0 Å². The number of carbonyl (C=O) groups excluding carboxylic acids is 1. The van der Waals surface area contributed by atoms with Crippen molar-refractivity contribution in [2.75, 3.05) is 11.1 Å². The van der Waals surface area contributed by atoms with Gasteiger partial charge in [-0.1, -0.05) is 12.1 Å².